The SMILES string of the molecule is CCN=C(N)Nc1ccc(OCCCCc2ccccc2)c(CN)c1. The minimum absolute atomic E-state index is 0.403. The van der Waals surface area contributed by atoms with E-state index in [-0.39, 0.29) is 0 Å². The minimum Gasteiger partial charge on any atom is -0.493 e. The fourth-order valence-corrected chi connectivity index (χ4v) is 2.57. The molecule has 2 aromatic carbocycles. The lowest BCUT2D eigenvalue weighted by Crippen LogP contribution is -2.22. The number of nitrogens with zero attached hydrogens (tertiary/aromatic N) is 1. The number of unbranched alkanes of at least 4 members (excludes halogenated alkanes) is 1. The number of hydrogen-bond acceptors (Lipinski definition) is 3. The van der Waals surface area contributed by atoms with Crippen molar-refractivity contribution in [2.24, 2.45) is 16.5 Å². The number of aryl methyl sites for hydroxylation is 1. The second-order valence-corrected chi connectivity index (χ2v) is 5.80. The van der Waals surface area contributed by atoms with E-state index in [4.69, 9.17) is 16.2 Å². The molecular weight excluding hydrogens is 312 g/mol. The van der Waals surface area contributed by atoms with Crippen molar-refractivity contribution >= 4 is 11.6 Å². The molecule has 0 saturated heterocycles. The molecule has 25 heavy (non-hydrogen) atoms. The van der Waals surface area contributed by atoms with Gasteiger partial charge in [-0.25, -0.2) is 0 Å². The van der Waals surface area contributed by atoms with Crippen LogP contribution in [0.5, 0.6) is 5.75 Å². The molecule has 0 bridgehead atoms. The summed E-state index contributed by atoms with van der Waals surface area (Å²) in [6.45, 7) is 3.69. The Morgan fingerprint density at radius 2 is 1.92 bits per heavy atom. The first kappa shape index (κ1) is 18.8. The predicted octanol–water partition coefficient (Wildman–Crippen LogP) is 3.29. The molecule has 0 fully saturated rings. The summed E-state index contributed by atoms with van der Waals surface area (Å²) in [5, 5.41) is 3.06. The van der Waals surface area contributed by atoms with Crippen LogP contribution >= 0.6 is 0 Å². The highest BCUT2D eigenvalue weighted by atomic mass is 16.5. The molecule has 2 aromatic rings. The van der Waals surface area contributed by atoms with Crippen LogP contribution < -0.4 is 21.5 Å². The highest BCUT2D eigenvalue weighted by Gasteiger charge is 2.05. The Morgan fingerprint density at radius 3 is 2.64 bits per heavy atom. The normalized spacial score (nSPS) is 11.4. The predicted molar refractivity (Wildman–Crippen MR) is 105 cm³/mol. The van der Waals surface area contributed by atoms with Gasteiger partial charge in [-0.1, -0.05) is 30.3 Å². The summed E-state index contributed by atoms with van der Waals surface area (Å²) in [6.07, 6.45) is 3.19. The average Bonchev–Trinajstić information content (AvgIpc) is 2.63. The summed E-state index contributed by atoms with van der Waals surface area (Å²) in [7, 11) is 0. The molecule has 0 spiro atoms. The van der Waals surface area contributed by atoms with Crippen molar-refractivity contribution in [1.29, 1.82) is 0 Å². The molecule has 5 nitrogen and oxygen atoms in total. The van der Waals surface area contributed by atoms with E-state index in [1.807, 2.05) is 31.2 Å². The standard InChI is InChI=1S/C20H28N4O/c1-2-23-20(22)24-18-11-12-19(17(14-18)15-21)25-13-7-6-10-16-8-4-3-5-9-16/h3-5,8-9,11-12,14H,2,6-7,10,13,15,21H2,1H3,(H3,22,23,24). The summed E-state index contributed by atoms with van der Waals surface area (Å²) >= 11 is 0. The van der Waals surface area contributed by atoms with Gasteiger partial charge >= 0.3 is 0 Å². The van der Waals surface area contributed by atoms with Crippen molar-refractivity contribution in [1.82, 2.24) is 0 Å². The molecule has 0 aliphatic heterocycles. The first-order valence-corrected chi connectivity index (χ1v) is 8.79. The molecule has 134 valence electrons. The van der Waals surface area contributed by atoms with Crippen molar-refractivity contribution in [2.45, 2.75) is 32.7 Å². The van der Waals surface area contributed by atoms with Crippen molar-refractivity contribution in [3.05, 3.63) is 59.7 Å². The summed E-state index contributed by atoms with van der Waals surface area (Å²) in [5.74, 6) is 1.24. The second-order valence-electron chi connectivity index (χ2n) is 5.80. The monoisotopic (exact) mass is 340 g/mol. The molecule has 5 N–H and O–H groups in total. The topological polar surface area (TPSA) is 85.7 Å². The van der Waals surface area contributed by atoms with E-state index in [0.717, 1.165) is 36.3 Å². The summed E-state index contributed by atoms with van der Waals surface area (Å²) < 4.78 is 5.90. The van der Waals surface area contributed by atoms with Crippen LogP contribution in [0.2, 0.25) is 0 Å². The maximum atomic E-state index is 5.90. The van der Waals surface area contributed by atoms with Crippen molar-refractivity contribution in [3.63, 3.8) is 0 Å². The first-order valence-electron chi connectivity index (χ1n) is 8.79. The second kappa shape index (κ2) is 10.4. The first-order chi connectivity index (χ1) is 12.2. The maximum Gasteiger partial charge on any atom is 0.193 e. The zero-order valence-electron chi connectivity index (χ0n) is 14.9. The van der Waals surface area contributed by atoms with Crippen molar-refractivity contribution in [3.8, 4) is 5.75 Å². The molecule has 0 saturated carbocycles. The molecule has 0 aromatic heterocycles. The van der Waals surface area contributed by atoms with Crippen LogP contribution in [0.15, 0.2) is 53.5 Å². The Labute approximate surface area is 150 Å². The Hall–Kier alpha value is -2.53. The van der Waals surface area contributed by atoms with Gasteiger partial charge in [0.1, 0.15) is 5.75 Å². The zero-order valence-corrected chi connectivity index (χ0v) is 14.9. The van der Waals surface area contributed by atoms with E-state index < -0.39 is 0 Å². The zero-order chi connectivity index (χ0) is 17.9. The van der Waals surface area contributed by atoms with E-state index in [1.165, 1.54) is 5.56 Å². The Morgan fingerprint density at radius 1 is 1.12 bits per heavy atom. The lowest BCUT2D eigenvalue weighted by atomic mass is 10.1. The third-order valence-corrected chi connectivity index (χ3v) is 3.84. The van der Waals surface area contributed by atoms with Gasteiger partial charge in [-0.05, 0) is 49.9 Å². The Bertz CT molecular complexity index is 671. The minimum atomic E-state index is 0.403. The van der Waals surface area contributed by atoms with Gasteiger partial charge in [-0.15, -0.1) is 0 Å². The fourth-order valence-electron chi connectivity index (χ4n) is 2.57. The third kappa shape index (κ3) is 6.47. The highest BCUT2D eigenvalue weighted by molar-refractivity contribution is 5.92. The number of ether oxygens (including phenoxy) is 1. The summed E-state index contributed by atoms with van der Waals surface area (Å²) in [6, 6.07) is 16.3. The third-order valence-electron chi connectivity index (χ3n) is 3.84. The molecule has 5 heteroatoms. The van der Waals surface area contributed by atoms with E-state index in [1.54, 1.807) is 0 Å². The quantitative estimate of drug-likeness (QED) is 0.371. The van der Waals surface area contributed by atoms with Gasteiger partial charge in [-0.3, -0.25) is 4.99 Å². The molecule has 2 rings (SSSR count). The number of nitrogens with two attached hydrogens (primary N) is 2. The average molecular weight is 340 g/mol. The van der Waals surface area contributed by atoms with Gasteiger partial charge in [0.2, 0.25) is 0 Å². The summed E-state index contributed by atoms with van der Waals surface area (Å²) in [5.41, 5.74) is 14.8. The van der Waals surface area contributed by atoms with Gasteiger partial charge in [0.05, 0.1) is 6.61 Å². The van der Waals surface area contributed by atoms with E-state index >= 15 is 0 Å². The fraction of sp³-hybridized carbons (Fsp3) is 0.350. The van der Waals surface area contributed by atoms with Gasteiger partial charge in [-0.2, -0.15) is 0 Å². The van der Waals surface area contributed by atoms with Crippen LogP contribution in [0.1, 0.15) is 30.9 Å². The number of benzene rings is 2. The number of aliphatic imine (C=N–C) groups is 1. The molecule has 0 aliphatic carbocycles. The van der Waals surface area contributed by atoms with E-state index in [2.05, 4.69) is 34.6 Å². The maximum absolute atomic E-state index is 5.90. The van der Waals surface area contributed by atoms with Crippen LogP contribution in [-0.4, -0.2) is 19.1 Å². The van der Waals surface area contributed by atoms with Gasteiger partial charge in [0.25, 0.3) is 0 Å². The smallest absolute Gasteiger partial charge is 0.193 e. The Balaban J connectivity index is 1.81. The number of nitrogens with one attached hydrogen (secondary N) is 1. The van der Waals surface area contributed by atoms with Gasteiger partial charge in [0, 0.05) is 24.3 Å². The van der Waals surface area contributed by atoms with Crippen LogP contribution in [0, 0.1) is 0 Å². The Kier molecular flexibility index (Phi) is 7.79. The summed E-state index contributed by atoms with van der Waals surface area (Å²) in [4.78, 5) is 4.11. The van der Waals surface area contributed by atoms with Crippen LogP contribution in [0.25, 0.3) is 0 Å². The number of anilines is 1. The number of guanidine groups is 1. The molecular formula is C20H28N4O. The van der Waals surface area contributed by atoms with Crippen molar-refractivity contribution < 1.29 is 4.74 Å². The molecule has 0 unspecified atom stereocenters. The number of hydrogen-bond donors (Lipinski definition) is 3. The van der Waals surface area contributed by atoms with E-state index in [9.17, 15) is 0 Å². The molecule has 0 amide bonds. The molecule has 0 heterocycles. The lowest BCUT2D eigenvalue weighted by Gasteiger charge is -2.13. The molecule has 0 aliphatic rings. The molecule has 0 radical (unpaired) electrons. The number of rotatable bonds is 9. The van der Waals surface area contributed by atoms with Gasteiger partial charge < -0.3 is 21.5 Å². The highest BCUT2D eigenvalue weighted by Crippen LogP contribution is 2.23. The van der Waals surface area contributed by atoms with Crippen LogP contribution in [0.3, 0.4) is 0 Å². The van der Waals surface area contributed by atoms with Gasteiger partial charge in [0.15, 0.2) is 5.96 Å². The van der Waals surface area contributed by atoms with Crippen molar-refractivity contribution in [2.75, 3.05) is 18.5 Å². The van der Waals surface area contributed by atoms with E-state index in [0.29, 0.717) is 25.7 Å². The largest absolute Gasteiger partial charge is 0.493 e. The lowest BCUT2D eigenvalue weighted by molar-refractivity contribution is 0.304. The molecule has 0 atom stereocenters. The van der Waals surface area contributed by atoms with Crippen LogP contribution in [-0.2, 0) is 13.0 Å². The van der Waals surface area contributed by atoms with Crippen LogP contribution in [0.4, 0.5) is 5.69 Å².